The molecule has 1 fully saturated rings. The van der Waals surface area contributed by atoms with Crippen LogP contribution in [0.25, 0.3) is 0 Å². The first kappa shape index (κ1) is 23.1. The van der Waals surface area contributed by atoms with Crippen LogP contribution in [0.5, 0.6) is 0 Å². The van der Waals surface area contributed by atoms with Gasteiger partial charge >= 0.3 is 18.4 Å². The number of hydrogen-bond donors (Lipinski definition) is 0. The van der Waals surface area contributed by atoms with Gasteiger partial charge in [0.05, 0.1) is 0 Å². The average molecular weight is 400 g/mol. The van der Waals surface area contributed by atoms with Gasteiger partial charge in [-0.25, -0.2) is 4.79 Å². The summed E-state index contributed by atoms with van der Waals surface area (Å²) in [5.41, 5.74) is 0.998. The van der Waals surface area contributed by atoms with Gasteiger partial charge in [0.25, 0.3) is 6.10 Å². The summed E-state index contributed by atoms with van der Waals surface area (Å²) in [6.07, 6.45) is -7.78. The minimum Gasteiger partial charge on any atom is -0.426 e. The lowest BCUT2D eigenvalue weighted by Gasteiger charge is -2.35. The monoisotopic (exact) mass is 400 g/mol. The van der Waals surface area contributed by atoms with Crippen molar-refractivity contribution in [2.45, 2.75) is 32.3 Å². The zero-order valence-electron chi connectivity index (χ0n) is 15.0. The number of halogens is 6. The lowest BCUT2D eigenvalue weighted by molar-refractivity contribution is -0.308. The van der Waals surface area contributed by atoms with E-state index in [0.717, 1.165) is 10.5 Å². The molecule has 0 aromatic heterocycles. The Balaban J connectivity index is 2.59. The van der Waals surface area contributed by atoms with Crippen LogP contribution in [0.2, 0.25) is 0 Å². The SMILES string of the molecule is C\C=C/C=C\C(=C/C)CN1CCN(C(=O)OC(C(F)(F)F)C(F)(F)F)CC1. The van der Waals surface area contributed by atoms with Crippen molar-refractivity contribution in [1.29, 1.82) is 0 Å². The number of hydrogen-bond acceptors (Lipinski definition) is 3. The van der Waals surface area contributed by atoms with Crippen LogP contribution in [0.3, 0.4) is 0 Å². The van der Waals surface area contributed by atoms with Crippen molar-refractivity contribution in [2.75, 3.05) is 32.7 Å². The molecule has 0 aliphatic carbocycles. The number of ether oxygens (including phenoxy) is 1. The number of nitrogens with zero attached hydrogens (tertiary/aromatic N) is 2. The summed E-state index contributed by atoms with van der Waals surface area (Å²) < 4.78 is 78.6. The number of carbonyl (C=O) groups is 1. The smallest absolute Gasteiger partial charge is 0.426 e. The zero-order valence-corrected chi connectivity index (χ0v) is 15.0. The van der Waals surface area contributed by atoms with Crippen molar-refractivity contribution in [1.82, 2.24) is 9.80 Å². The van der Waals surface area contributed by atoms with Gasteiger partial charge in [-0.3, -0.25) is 4.90 Å². The third-order valence-corrected chi connectivity index (χ3v) is 3.83. The molecule has 0 unspecified atom stereocenters. The first-order valence-corrected chi connectivity index (χ1v) is 8.25. The molecular weight excluding hydrogens is 378 g/mol. The van der Waals surface area contributed by atoms with E-state index in [4.69, 9.17) is 0 Å². The number of alkyl halides is 6. The molecule has 27 heavy (non-hydrogen) atoms. The summed E-state index contributed by atoms with van der Waals surface area (Å²) in [6.45, 7) is 4.88. The zero-order chi connectivity index (χ0) is 20.7. The second-order valence-electron chi connectivity index (χ2n) is 5.86. The third-order valence-electron chi connectivity index (χ3n) is 3.83. The minimum atomic E-state index is -5.71. The third kappa shape index (κ3) is 7.66. The van der Waals surface area contributed by atoms with E-state index in [1.807, 2.05) is 49.1 Å². The Morgan fingerprint density at radius 3 is 2.00 bits per heavy atom. The summed E-state index contributed by atoms with van der Waals surface area (Å²) in [4.78, 5) is 14.5. The van der Waals surface area contributed by atoms with Crippen LogP contribution in [-0.4, -0.2) is 67.1 Å². The molecule has 4 nitrogen and oxygen atoms in total. The Morgan fingerprint density at radius 1 is 1.00 bits per heavy atom. The van der Waals surface area contributed by atoms with E-state index in [0.29, 0.717) is 19.6 Å². The fourth-order valence-corrected chi connectivity index (χ4v) is 2.37. The van der Waals surface area contributed by atoms with Crippen molar-refractivity contribution < 1.29 is 35.9 Å². The van der Waals surface area contributed by atoms with Crippen LogP contribution in [0.1, 0.15) is 13.8 Å². The maximum Gasteiger partial charge on any atom is 0.434 e. The molecule has 0 atom stereocenters. The fourth-order valence-electron chi connectivity index (χ4n) is 2.37. The predicted octanol–water partition coefficient (Wildman–Crippen LogP) is 4.31. The number of amides is 1. The van der Waals surface area contributed by atoms with Crippen LogP contribution in [0.15, 0.2) is 36.0 Å². The summed E-state index contributed by atoms with van der Waals surface area (Å²) in [7, 11) is 0. The topological polar surface area (TPSA) is 32.8 Å². The summed E-state index contributed by atoms with van der Waals surface area (Å²) in [6, 6.07) is 0. The van der Waals surface area contributed by atoms with E-state index >= 15 is 0 Å². The van der Waals surface area contributed by atoms with Crippen LogP contribution in [-0.2, 0) is 4.74 Å². The highest BCUT2D eigenvalue weighted by Crippen LogP contribution is 2.36. The number of rotatable bonds is 5. The second-order valence-corrected chi connectivity index (χ2v) is 5.86. The van der Waals surface area contributed by atoms with E-state index in [-0.39, 0.29) is 13.1 Å². The van der Waals surface area contributed by atoms with Crippen molar-refractivity contribution in [2.24, 2.45) is 0 Å². The maximum atomic E-state index is 12.5. The predicted molar refractivity (Wildman–Crippen MR) is 88.1 cm³/mol. The highest BCUT2D eigenvalue weighted by atomic mass is 19.4. The molecule has 1 amide bonds. The number of carbonyl (C=O) groups excluding carboxylic acids is 1. The summed E-state index contributed by atoms with van der Waals surface area (Å²) >= 11 is 0. The molecule has 0 saturated carbocycles. The summed E-state index contributed by atoms with van der Waals surface area (Å²) in [5.74, 6) is 0. The number of piperazine rings is 1. The molecule has 0 bridgehead atoms. The van der Waals surface area contributed by atoms with E-state index in [9.17, 15) is 31.1 Å². The summed E-state index contributed by atoms with van der Waals surface area (Å²) in [5, 5.41) is 0. The van der Waals surface area contributed by atoms with Gasteiger partial charge in [-0.2, -0.15) is 26.3 Å². The molecule has 1 aliphatic rings. The van der Waals surface area contributed by atoms with Crippen molar-refractivity contribution >= 4 is 6.09 Å². The van der Waals surface area contributed by atoms with Gasteiger partial charge in [0, 0.05) is 32.7 Å². The Hall–Kier alpha value is -1.97. The van der Waals surface area contributed by atoms with Crippen molar-refractivity contribution in [3.05, 3.63) is 36.0 Å². The molecule has 0 spiro atoms. The molecule has 10 heteroatoms. The van der Waals surface area contributed by atoms with Gasteiger partial charge in [0.1, 0.15) is 0 Å². The van der Waals surface area contributed by atoms with Crippen LogP contribution < -0.4 is 0 Å². The highest BCUT2D eigenvalue weighted by molar-refractivity contribution is 5.68. The molecule has 154 valence electrons. The lowest BCUT2D eigenvalue weighted by Crippen LogP contribution is -2.52. The largest absolute Gasteiger partial charge is 0.434 e. The maximum absolute atomic E-state index is 12.5. The molecule has 1 rings (SSSR count). The van der Waals surface area contributed by atoms with Crippen molar-refractivity contribution in [3.63, 3.8) is 0 Å². The molecule has 1 saturated heterocycles. The molecule has 1 aliphatic heterocycles. The first-order chi connectivity index (χ1) is 12.5. The number of allylic oxidation sites excluding steroid dienone is 4. The van der Waals surface area contributed by atoms with Crippen molar-refractivity contribution in [3.8, 4) is 0 Å². The molecule has 0 aromatic carbocycles. The Kier molecular flexibility index (Phi) is 8.39. The normalized spacial score (nSPS) is 18.1. The molecule has 0 N–H and O–H groups in total. The van der Waals surface area contributed by atoms with Gasteiger partial charge in [0.15, 0.2) is 0 Å². The van der Waals surface area contributed by atoms with Gasteiger partial charge in [0.2, 0.25) is 0 Å². The van der Waals surface area contributed by atoms with Gasteiger partial charge in [-0.1, -0.05) is 30.4 Å². The standard InChI is InChI=1S/C17H22F6N2O2/c1-3-5-6-7-13(4-2)12-24-8-10-25(11-9-24)15(26)27-14(16(18,19)20)17(21,22)23/h3-7,14H,8-12H2,1-2H3/b5-3-,7-6-,13-4+. The Bertz CT molecular complexity index is 559. The molecular formula is C17H22F6N2O2. The van der Waals surface area contributed by atoms with E-state index in [2.05, 4.69) is 4.74 Å². The van der Waals surface area contributed by atoms with E-state index in [1.165, 1.54) is 0 Å². The van der Waals surface area contributed by atoms with Gasteiger partial charge in [-0.15, -0.1) is 0 Å². The van der Waals surface area contributed by atoms with Crippen LogP contribution >= 0.6 is 0 Å². The van der Waals surface area contributed by atoms with Crippen LogP contribution in [0.4, 0.5) is 31.1 Å². The second kappa shape index (κ2) is 9.82. The van der Waals surface area contributed by atoms with Crippen LogP contribution in [0, 0.1) is 0 Å². The molecule has 0 aromatic rings. The average Bonchev–Trinajstić information content (AvgIpc) is 2.57. The van der Waals surface area contributed by atoms with Gasteiger partial charge < -0.3 is 9.64 Å². The lowest BCUT2D eigenvalue weighted by atomic mass is 10.2. The fraction of sp³-hybridized carbons (Fsp3) is 0.588. The van der Waals surface area contributed by atoms with Gasteiger partial charge in [-0.05, 0) is 19.4 Å². The Morgan fingerprint density at radius 2 is 1.56 bits per heavy atom. The van der Waals surface area contributed by atoms with E-state index in [1.54, 1.807) is 0 Å². The first-order valence-electron chi connectivity index (χ1n) is 8.25. The quantitative estimate of drug-likeness (QED) is 0.509. The minimum absolute atomic E-state index is 0.0170. The van der Waals surface area contributed by atoms with E-state index < -0.39 is 24.5 Å². The molecule has 0 radical (unpaired) electrons. The highest BCUT2D eigenvalue weighted by Gasteiger charge is 2.60. The molecule has 1 heterocycles. The Labute approximate surface area is 153 Å².